The third kappa shape index (κ3) is 2.49. The Balaban J connectivity index is 1.98. The van der Waals surface area contributed by atoms with Crippen LogP contribution in [0.25, 0.3) is 0 Å². The second kappa shape index (κ2) is 4.47. The summed E-state index contributed by atoms with van der Waals surface area (Å²) in [5, 5.41) is 3.72. The van der Waals surface area contributed by atoms with Gasteiger partial charge in [0.25, 0.3) is 0 Å². The number of pyridine rings is 1. The molecule has 2 rings (SSSR count). The smallest absolute Gasteiger partial charge is 0.139 e. The van der Waals surface area contributed by atoms with Gasteiger partial charge in [0.15, 0.2) is 0 Å². The molecule has 6 heteroatoms. The summed E-state index contributed by atoms with van der Waals surface area (Å²) in [4.78, 5) is 4.98. The minimum absolute atomic E-state index is 0.482. The molecule has 0 saturated heterocycles. The first-order valence-electron chi connectivity index (χ1n) is 3.84. The van der Waals surface area contributed by atoms with Crippen molar-refractivity contribution in [3.8, 4) is 5.75 Å². The number of ether oxygens (including phenoxy) is 1. The molecule has 0 saturated carbocycles. The van der Waals surface area contributed by atoms with E-state index in [-0.39, 0.29) is 0 Å². The van der Waals surface area contributed by atoms with Crippen molar-refractivity contribution in [1.82, 2.24) is 14.6 Å². The topological polar surface area (TPSA) is 47.9 Å². The van der Waals surface area contributed by atoms with Crippen molar-refractivity contribution in [3.05, 3.63) is 34.0 Å². The van der Waals surface area contributed by atoms with E-state index in [9.17, 15) is 0 Å². The highest BCUT2D eigenvalue weighted by molar-refractivity contribution is 9.10. The Morgan fingerprint density at radius 2 is 2.29 bits per heavy atom. The first-order chi connectivity index (χ1) is 6.84. The number of hydrogen-bond acceptors (Lipinski definition) is 5. The fourth-order valence-electron chi connectivity index (χ4n) is 0.877. The fraction of sp³-hybridized carbons (Fsp3) is 0.125. The highest BCUT2D eigenvalue weighted by Crippen LogP contribution is 2.17. The van der Waals surface area contributed by atoms with Gasteiger partial charge in [0.05, 0.1) is 17.3 Å². The minimum atomic E-state index is 0.482. The van der Waals surface area contributed by atoms with E-state index in [4.69, 9.17) is 4.74 Å². The summed E-state index contributed by atoms with van der Waals surface area (Å²) < 4.78 is 10.1. The van der Waals surface area contributed by atoms with E-state index in [1.807, 2.05) is 6.07 Å². The number of rotatable bonds is 3. The molecule has 0 aliphatic rings. The summed E-state index contributed by atoms with van der Waals surface area (Å²) in [6, 6.07) is 1.86. The lowest BCUT2D eigenvalue weighted by atomic mass is 10.4. The summed E-state index contributed by atoms with van der Waals surface area (Å²) in [6.07, 6.45) is 5.07. The number of nitrogens with zero attached hydrogens (tertiary/aromatic N) is 3. The largest absolute Gasteiger partial charge is 0.486 e. The van der Waals surface area contributed by atoms with E-state index >= 15 is 0 Å². The third-order valence-electron chi connectivity index (χ3n) is 1.47. The van der Waals surface area contributed by atoms with Crippen molar-refractivity contribution in [1.29, 1.82) is 0 Å². The zero-order valence-electron chi connectivity index (χ0n) is 7.05. The fourth-order valence-corrected chi connectivity index (χ4v) is 1.63. The summed E-state index contributed by atoms with van der Waals surface area (Å²) >= 11 is 4.64. The van der Waals surface area contributed by atoms with Gasteiger partial charge in [-0.05, 0) is 33.5 Å². The van der Waals surface area contributed by atoms with Gasteiger partial charge in [-0.15, -0.1) is 5.10 Å². The van der Waals surface area contributed by atoms with Gasteiger partial charge in [0.1, 0.15) is 12.4 Å². The molecule has 2 aromatic rings. The molecule has 4 nitrogen and oxygen atoms in total. The molecule has 0 bridgehead atoms. The van der Waals surface area contributed by atoms with E-state index in [2.05, 4.69) is 30.5 Å². The second-order valence-corrected chi connectivity index (χ2v) is 4.30. The molecule has 0 unspecified atom stereocenters. The maximum Gasteiger partial charge on any atom is 0.139 e. The van der Waals surface area contributed by atoms with Crippen molar-refractivity contribution in [2.75, 3.05) is 0 Å². The van der Waals surface area contributed by atoms with Crippen LogP contribution >= 0.6 is 27.5 Å². The maximum absolute atomic E-state index is 5.47. The Bertz CT molecular complexity index is 407. The van der Waals surface area contributed by atoms with Crippen molar-refractivity contribution < 1.29 is 4.74 Å². The molecule has 0 radical (unpaired) electrons. The summed E-state index contributed by atoms with van der Waals surface area (Å²) in [7, 11) is 0. The van der Waals surface area contributed by atoms with Crippen LogP contribution in [0.5, 0.6) is 5.75 Å². The van der Waals surface area contributed by atoms with Gasteiger partial charge in [-0.2, -0.15) is 0 Å². The average Bonchev–Trinajstić information content (AvgIpc) is 2.67. The molecule has 14 heavy (non-hydrogen) atoms. The lowest BCUT2D eigenvalue weighted by molar-refractivity contribution is 0.308. The molecule has 0 fully saturated rings. The average molecular weight is 272 g/mol. The van der Waals surface area contributed by atoms with E-state index in [1.54, 1.807) is 18.6 Å². The lowest BCUT2D eigenvalue weighted by Gasteiger charge is -2.02. The van der Waals surface area contributed by atoms with Crippen molar-refractivity contribution >= 4 is 27.5 Å². The molecule has 2 aromatic heterocycles. The van der Waals surface area contributed by atoms with E-state index in [0.29, 0.717) is 6.61 Å². The molecule has 2 heterocycles. The summed E-state index contributed by atoms with van der Waals surface area (Å²) in [5.74, 6) is 0.729. The van der Waals surface area contributed by atoms with Gasteiger partial charge in [-0.1, -0.05) is 4.49 Å². The zero-order chi connectivity index (χ0) is 9.80. The molecular weight excluding hydrogens is 266 g/mol. The predicted molar refractivity (Wildman–Crippen MR) is 56.2 cm³/mol. The van der Waals surface area contributed by atoms with Crippen molar-refractivity contribution in [2.45, 2.75) is 6.61 Å². The second-order valence-electron chi connectivity index (χ2n) is 2.51. The SMILES string of the molecule is Brc1cncc(OCc2cnns2)c1. The Kier molecular flexibility index (Phi) is 3.05. The minimum Gasteiger partial charge on any atom is -0.486 e. The van der Waals surface area contributed by atoms with Gasteiger partial charge >= 0.3 is 0 Å². The summed E-state index contributed by atoms with van der Waals surface area (Å²) in [5.41, 5.74) is 0. The Labute approximate surface area is 93.2 Å². The van der Waals surface area contributed by atoms with Crippen LogP contribution in [0.3, 0.4) is 0 Å². The molecular formula is C8H6BrN3OS. The highest BCUT2D eigenvalue weighted by atomic mass is 79.9. The van der Waals surface area contributed by atoms with Crippen molar-refractivity contribution in [3.63, 3.8) is 0 Å². The van der Waals surface area contributed by atoms with Gasteiger partial charge in [-0.25, -0.2) is 0 Å². The van der Waals surface area contributed by atoms with Crippen LogP contribution in [-0.2, 0) is 6.61 Å². The molecule has 0 aromatic carbocycles. The van der Waals surface area contributed by atoms with E-state index < -0.39 is 0 Å². The lowest BCUT2D eigenvalue weighted by Crippen LogP contribution is -1.93. The monoisotopic (exact) mass is 271 g/mol. The molecule has 72 valence electrons. The molecule has 0 aliphatic heterocycles. The first kappa shape index (κ1) is 9.54. The van der Waals surface area contributed by atoms with Gasteiger partial charge in [0.2, 0.25) is 0 Å². The number of halogens is 1. The Hall–Kier alpha value is -1.01. The van der Waals surface area contributed by atoms with Crippen LogP contribution in [0.2, 0.25) is 0 Å². The molecule has 0 aliphatic carbocycles. The first-order valence-corrected chi connectivity index (χ1v) is 5.41. The quantitative estimate of drug-likeness (QED) is 0.860. The van der Waals surface area contributed by atoms with Crippen LogP contribution < -0.4 is 4.74 Å². The molecule has 0 atom stereocenters. The number of aromatic nitrogens is 3. The normalized spacial score (nSPS) is 10.1. The highest BCUT2D eigenvalue weighted by Gasteiger charge is 1.98. The van der Waals surface area contributed by atoms with Gasteiger partial charge in [0, 0.05) is 10.7 Å². The number of hydrogen-bond donors (Lipinski definition) is 0. The molecule has 0 amide bonds. The Morgan fingerprint density at radius 3 is 3.00 bits per heavy atom. The Morgan fingerprint density at radius 1 is 1.36 bits per heavy atom. The van der Waals surface area contributed by atoms with E-state index in [1.165, 1.54) is 11.5 Å². The van der Waals surface area contributed by atoms with Crippen LogP contribution in [0.1, 0.15) is 4.88 Å². The van der Waals surface area contributed by atoms with Crippen LogP contribution in [0, 0.1) is 0 Å². The van der Waals surface area contributed by atoms with Crippen LogP contribution in [-0.4, -0.2) is 14.6 Å². The van der Waals surface area contributed by atoms with Gasteiger partial charge < -0.3 is 4.74 Å². The molecule has 0 spiro atoms. The summed E-state index contributed by atoms with van der Waals surface area (Å²) in [6.45, 7) is 0.482. The zero-order valence-corrected chi connectivity index (χ0v) is 9.46. The standard InChI is InChI=1S/C8H6BrN3OS/c9-6-1-7(3-10-2-6)13-5-8-4-11-12-14-8/h1-4H,5H2. The molecule has 0 N–H and O–H groups in total. The predicted octanol–water partition coefficient (Wildman–Crippen LogP) is 2.27. The van der Waals surface area contributed by atoms with Gasteiger partial charge in [-0.3, -0.25) is 4.98 Å². The maximum atomic E-state index is 5.47. The van der Waals surface area contributed by atoms with Crippen molar-refractivity contribution in [2.24, 2.45) is 0 Å². The van der Waals surface area contributed by atoms with Crippen LogP contribution in [0.4, 0.5) is 0 Å². The van der Waals surface area contributed by atoms with E-state index in [0.717, 1.165) is 15.1 Å². The third-order valence-corrected chi connectivity index (χ3v) is 2.54. The van der Waals surface area contributed by atoms with Crippen LogP contribution in [0.15, 0.2) is 29.1 Å².